The molecule has 1 aliphatic heterocycles. The summed E-state index contributed by atoms with van der Waals surface area (Å²) in [6.07, 6.45) is 5.74. The van der Waals surface area contributed by atoms with Crippen LogP contribution in [0.15, 0.2) is 35.3 Å². The number of hydrogen-bond donors (Lipinski definition) is 2. The van der Waals surface area contributed by atoms with Gasteiger partial charge in [-0.1, -0.05) is 29.8 Å². The molecule has 1 saturated carbocycles. The van der Waals surface area contributed by atoms with Crippen LogP contribution >= 0.6 is 35.6 Å². The zero-order chi connectivity index (χ0) is 20.5. The highest BCUT2D eigenvalue weighted by Crippen LogP contribution is 2.52. The lowest BCUT2D eigenvalue weighted by Gasteiger charge is -2.18. The minimum Gasteiger partial charge on any atom is -0.356 e. The van der Waals surface area contributed by atoms with Crippen molar-refractivity contribution < 1.29 is 14.0 Å². The molecule has 2 N–H and O–H groups in total. The van der Waals surface area contributed by atoms with Gasteiger partial charge < -0.3 is 10.6 Å². The smallest absolute Gasteiger partial charge is 0.233 e. The molecule has 4 unspecified atom stereocenters. The van der Waals surface area contributed by atoms with Gasteiger partial charge in [0.25, 0.3) is 0 Å². The number of imide groups is 1. The summed E-state index contributed by atoms with van der Waals surface area (Å²) in [5.74, 6) is 0.289. The van der Waals surface area contributed by atoms with Crippen LogP contribution in [0.1, 0.15) is 12.0 Å². The van der Waals surface area contributed by atoms with Crippen LogP contribution in [0.2, 0.25) is 5.02 Å². The molecule has 3 aliphatic rings. The highest BCUT2D eigenvalue weighted by molar-refractivity contribution is 14.0. The minimum atomic E-state index is -0.358. The molecule has 0 spiro atoms. The van der Waals surface area contributed by atoms with Crippen LogP contribution in [-0.2, 0) is 16.0 Å². The third kappa shape index (κ3) is 4.34. The van der Waals surface area contributed by atoms with Crippen molar-refractivity contribution in [1.29, 1.82) is 0 Å². The first-order valence-corrected chi connectivity index (χ1v) is 10.3. The van der Waals surface area contributed by atoms with E-state index in [1.165, 1.54) is 17.0 Å². The van der Waals surface area contributed by atoms with Crippen LogP contribution in [0.3, 0.4) is 0 Å². The van der Waals surface area contributed by atoms with E-state index in [1.54, 1.807) is 13.1 Å². The number of amides is 2. The highest BCUT2D eigenvalue weighted by Gasteiger charge is 2.58. The maximum atomic E-state index is 13.1. The average molecular weight is 547 g/mol. The number of nitrogens with one attached hydrogen (secondary N) is 2. The number of benzene rings is 1. The Morgan fingerprint density at radius 1 is 1.17 bits per heavy atom. The molecule has 2 aliphatic carbocycles. The molecule has 1 saturated heterocycles. The third-order valence-corrected chi connectivity index (χ3v) is 6.47. The molecule has 1 aromatic carbocycles. The molecule has 4 atom stereocenters. The van der Waals surface area contributed by atoms with Crippen LogP contribution < -0.4 is 10.6 Å². The molecule has 9 heteroatoms. The summed E-state index contributed by atoms with van der Waals surface area (Å²) in [6.45, 7) is 1.32. The summed E-state index contributed by atoms with van der Waals surface area (Å²) in [5, 5.41) is 6.69. The number of likely N-dealkylation sites (tertiary alicyclic amines) is 1. The SMILES string of the molecule is CN=C(NCCc1ccc(F)cc1Cl)NCCN1C(=O)C2C3C=CC(C3)C2C1=O.I. The maximum Gasteiger partial charge on any atom is 0.233 e. The van der Waals surface area contributed by atoms with Gasteiger partial charge in [0.05, 0.1) is 11.8 Å². The second kappa shape index (κ2) is 9.64. The molecule has 1 heterocycles. The largest absolute Gasteiger partial charge is 0.356 e. The number of aliphatic imine (C=N–C) groups is 1. The van der Waals surface area contributed by atoms with E-state index >= 15 is 0 Å². The number of rotatable bonds is 6. The Kier molecular flexibility index (Phi) is 7.38. The maximum absolute atomic E-state index is 13.1. The zero-order valence-electron chi connectivity index (χ0n) is 16.6. The summed E-state index contributed by atoms with van der Waals surface area (Å²) in [4.78, 5) is 30.9. The van der Waals surface area contributed by atoms with Gasteiger partial charge in [-0.05, 0) is 42.4 Å². The van der Waals surface area contributed by atoms with Gasteiger partial charge >= 0.3 is 0 Å². The lowest BCUT2D eigenvalue weighted by atomic mass is 9.85. The van der Waals surface area contributed by atoms with Crippen LogP contribution in [0.5, 0.6) is 0 Å². The molecule has 2 amide bonds. The van der Waals surface area contributed by atoms with Gasteiger partial charge in [-0.2, -0.15) is 0 Å². The standard InChI is InChI=1S/C21H24ClFN4O2.HI/c1-24-21(25-7-6-12-4-5-15(23)11-16(12)22)26-8-9-27-19(28)17-13-2-3-14(10-13)18(17)20(27)29;/h2-5,11,13-14,17-18H,6-10H2,1H3,(H2,24,25,26);1H. The zero-order valence-corrected chi connectivity index (χ0v) is 19.7. The van der Waals surface area contributed by atoms with Crippen molar-refractivity contribution in [3.8, 4) is 0 Å². The molecule has 6 nitrogen and oxygen atoms in total. The van der Waals surface area contributed by atoms with Gasteiger partial charge in [-0.15, -0.1) is 24.0 Å². The fraction of sp³-hybridized carbons (Fsp3) is 0.476. The van der Waals surface area contributed by atoms with Gasteiger partial charge in [0.15, 0.2) is 5.96 Å². The van der Waals surface area contributed by atoms with Crippen molar-refractivity contribution in [2.75, 3.05) is 26.7 Å². The molecular weight excluding hydrogens is 522 g/mol. The van der Waals surface area contributed by atoms with E-state index in [1.807, 2.05) is 0 Å². The summed E-state index contributed by atoms with van der Waals surface area (Å²) in [7, 11) is 1.65. The van der Waals surface area contributed by atoms with E-state index in [-0.39, 0.29) is 65.3 Å². The highest BCUT2D eigenvalue weighted by atomic mass is 127. The van der Waals surface area contributed by atoms with Crippen molar-refractivity contribution in [2.45, 2.75) is 12.8 Å². The molecule has 1 aromatic rings. The fourth-order valence-electron chi connectivity index (χ4n) is 4.73. The van der Waals surface area contributed by atoms with E-state index < -0.39 is 0 Å². The first kappa shape index (κ1) is 23.0. The summed E-state index contributed by atoms with van der Waals surface area (Å²) >= 11 is 6.04. The summed E-state index contributed by atoms with van der Waals surface area (Å²) in [6, 6.07) is 4.35. The molecule has 30 heavy (non-hydrogen) atoms. The first-order valence-electron chi connectivity index (χ1n) is 9.91. The fourth-order valence-corrected chi connectivity index (χ4v) is 4.99. The average Bonchev–Trinajstić information content (AvgIpc) is 3.37. The van der Waals surface area contributed by atoms with Gasteiger partial charge in [0.1, 0.15) is 5.82 Å². The number of allylic oxidation sites excluding steroid dienone is 2. The number of hydrogen-bond acceptors (Lipinski definition) is 3. The summed E-state index contributed by atoms with van der Waals surface area (Å²) in [5.41, 5.74) is 0.846. The van der Waals surface area contributed by atoms with Gasteiger partial charge in [-0.3, -0.25) is 19.5 Å². The quantitative estimate of drug-likeness (QED) is 0.189. The first-order chi connectivity index (χ1) is 14.0. The van der Waals surface area contributed by atoms with Crippen molar-refractivity contribution in [3.05, 3.63) is 46.8 Å². The van der Waals surface area contributed by atoms with Crippen LogP contribution in [0, 0.1) is 29.5 Å². The number of nitrogens with zero attached hydrogens (tertiary/aromatic N) is 2. The topological polar surface area (TPSA) is 73.8 Å². The molecule has 162 valence electrons. The van der Waals surface area contributed by atoms with E-state index in [0.29, 0.717) is 37.0 Å². The number of halogens is 3. The van der Waals surface area contributed by atoms with E-state index in [4.69, 9.17) is 11.6 Å². The number of fused-ring (bicyclic) bond motifs is 5. The third-order valence-electron chi connectivity index (χ3n) is 6.11. The molecule has 0 aromatic heterocycles. The van der Waals surface area contributed by atoms with E-state index in [0.717, 1.165) is 12.0 Å². The van der Waals surface area contributed by atoms with Gasteiger partial charge in [0.2, 0.25) is 11.8 Å². The monoisotopic (exact) mass is 546 g/mol. The Balaban J connectivity index is 0.00000256. The van der Waals surface area contributed by atoms with E-state index in [2.05, 4.69) is 27.8 Å². The normalized spacial score (nSPS) is 26.8. The van der Waals surface area contributed by atoms with Gasteiger partial charge in [-0.25, -0.2) is 4.39 Å². The van der Waals surface area contributed by atoms with Crippen molar-refractivity contribution in [3.63, 3.8) is 0 Å². The Morgan fingerprint density at radius 2 is 1.80 bits per heavy atom. The predicted octanol–water partition coefficient (Wildman–Crippen LogP) is 2.61. The van der Waals surface area contributed by atoms with Crippen molar-refractivity contribution >= 4 is 53.4 Å². The minimum absolute atomic E-state index is 0. The number of guanidine groups is 1. The second-order valence-electron chi connectivity index (χ2n) is 7.74. The van der Waals surface area contributed by atoms with Gasteiger partial charge in [0, 0.05) is 31.7 Å². The molecular formula is C21H25ClFIN4O2. The lowest BCUT2D eigenvalue weighted by molar-refractivity contribution is -0.140. The Labute approximate surface area is 197 Å². The molecule has 2 fully saturated rings. The van der Waals surface area contributed by atoms with Crippen LogP contribution in [0.4, 0.5) is 4.39 Å². The van der Waals surface area contributed by atoms with Crippen LogP contribution in [-0.4, -0.2) is 49.4 Å². The van der Waals surface area contributed by atoms with E-state index in [9.17, 15) is 14.0 Å². The molecule has 0 radical (unpaired) electrons. The predicted molar refractivity (Wildman–Crippen MR) is 124 cm³/mol. The van der Waals surface area contributed by atoms with Crippen LogP contribution in [0.25, 0.3) is 0 Å². The Hall–Kier alpha value is -1.68. The molecule has 2 bridgehead atoms. The Morgan fingerprint density at radius 3 is 2.40 bits per heavy atom. The number of carbonyl (C=O) groups excluding carboxylic acids is 2. The Bertz CT molecular complexity index is 864. The number of carbonyl (C=O) groups is 2. The second-order valence-corrected chi connectivity index (χ2v) is 8.15. The van der Waals surface area contributed by atoms with Crippen molar-refractivity contribution in [2.24, 2.45) is 28.7 Å². The lowest BCUT2D eigenvalue weighted by Crippen LogP contribution is -2.44. The summed E-state index contributed by atoms with van der Waals surface area (Å²) < 4.78 is 13.1. The molecule has 4 rings (SSSR count). The van der Waals surface area contributed by atoms with Crippen molar-refractivity contribution in [1.82, 2.24) is 15.5 Å².